The third kappa shape index (κ3) is 2.62. The van der Waals surface area contributed by atoms with Crippen LogP contribution in [0.5, 0.6) is 5.95 Å². The average Bonchev–Trinajstić information content (AvgIpc) is 2.36. The molecule has 0 unspecified atom stereocenters. The minimum atomic E-state index is -0.364. The van der Waals surface area contributed by atoms with Gasteiger partial charge < -0.3 is 9.15 Å². The largest absolute Gasteiger partial charge is 0.419 e. The molecular formula is C8H10O3S. The molecule has 0 aromatic carbocycles. The van der Waals surface area contributed by atoms with Gasteiger partial charge in [-0.2, -0.15) is 0 Å². The smallest absolute Gasteiger partial charge is 0.310 e. The fourth-order valence-electron chi connectivity index (χ4n) is 0.720. The van der Waals surface area contributed by atoms with Crippen LogP contribution in [-0.2, 0) is 4.79 Å². The van der Waals surface area contributed by atoms with Crippen molar-refractivity contribution in [3.8, 4) is 5.95 Å². The molecule has 0 spiro atoms. The summed E-state index contributed by atoms with van der Waals surface area (Å²) in [7, 11) is 0. The molecular weight excluding hydrogens is 176 g/mol. The minimum absolute atomic E-state index is 0.262. The van der Waals surface area contributed by atoms with Gasteiger partial charge in [0.2, 0.25) is 0 Å². The molecule has 1 rings (SSSR count). The second-order valence-corrected chi connectivity index (χ2v) is 3.37. The van der Waals surface area contributed by atoms with Gasteiger partial charge in [0.25, 0.3) is 5.95 Å². The van der Waals surface area contributed by atoms with Gasteiger partial charge >= 0.3 is 5.97 Å². The van der Waals surface area contributed by atoms with Crippen molar-refractivity contribution in [2.24, 2.45) is 0 Å². The molecule has 0 atom stereocenters. The van der Waals surface area contributed by atoms with Crippen molar-refractivity contribution in [3.05, 3.63) is 12.1 Å². The molecule has 0 aliphatic heterocycles. The molecule has 66 valence electrons. The van der Waals surface area contributed by atoms with Crippen molar-refractivity contribution in [1.82, 2.24) is 0 Å². The second kappa shape index (κ2) is 4.21. The van der Waals surface area contributed by atoms with E-state index in [1.165, 1.54) is 6.92 Å². The SMILES string of the molecule is CCSc1ccc(OC(C)=O)o1. The topological polar surface area (TPSA) is 39.4 Å². The van der Waals surface area contributed by atoms with E-state index in [0.29, 0.717) is 0 Å². The van der Waals surface area contributed by atoms with E-state index in [1.807, 2.05) is 6.92 Å². The van der Waals surface area contributed by atoms with Gasteiger partial charge in [0, 0.05) is 13.0 Å². The summed E-state index contributed by atoms with van der Waals surface area (Å²) in [5, 5.41) is 0.772. The third-order valence-corrected chi connectivity index (χ3v) is 1.88. The molecule has 4 heteroatoms. The highest BCUT2D eigenvalue weighted by Crippen LogP contribution is 2.24. The fourth-order valence-corrected chi connectivity index (χ4v) is 1.31. The van der Waals surface area contributed by atoms with Crippen LogP contribution in [0.2, 0.25) is 0 Å². The van der Waals surface area contributed by atoms with Crippen molar-refractivity contribution >= 4 is 17.7 Å². The van der Waals surface area contributed by atoms with E-state index < -0.39 is 0 Å². The number of esters is 1. The maximum Gasteiger partial charge on any atom is 0.310 e. The molecule has 1 aromatic heterocycles. The number of thioether (sulfide) groups is 1. The summed E-state index contributed by atoms with van der Waals surface area (Å²) >= 11 is 1.57. The highest BCUT2D eigenvalue weighted by Gasteiger charge is 2.03. The molecule has 12 heavy (non-hydrogen) atoms. The quantitative estimate of drug-likeness (QED) is 0.536. The first kappa shape index (κ1) is 9.19. The molecule has 1 aromatic rings. The Hall–Kier alpha value is -0.900. The summed E-state index contributed by atoms with van der Waals surface area (Å²) < 4.78 is 9.88. The van der Waals surface area contributed by atoms with Gasteiger partial charge in [0.1, 0.15) is 0 Å². The second-order valence-electron chi connectivity index (χ2n) is 2.10. The third-order valence-electron chi connectivity index (χ3n) is 1.09. The lowest BCUT2D eigenvalue weighted by atomic mass is 10.6. The lowest BCUT2D eigenvalue weighted by Gasteiger charge is -1.93. The molecule has 0 N–H and O–H groups in total. The first-order valence-corrected chi connectivity index (χ1v) is 4.62. The normalized spacial score (nSPS) is 9.83. The Balaban J connectivity index is 2.58. The number of carbonyl (C=O) groups excluding carboxylic acids is 1. The Bertz CT molecular complexity index is 267. The Morgan fingerprint density at radius 1 is 1.67 bits per heavy atom. The molecule has 0 aliphatic rings. The Kier molecular flexibility index (Phi) is 3.22. The minimum Gasteiger partial charge on any atom is -0.419 e. The Morgan fingerprint density at radius 2 is 2.42 bits per heavy atom. The number of ether oxygens (including phenoxy) is 1. The fraction of sp³-hybridized carbons (Fsp3) is 0.375. The van der Waals surface area contributed by atoms with Gasteiger partial charge in [-0.25, -0.2) is 0 Å². The number of hydrogen-bond donors (Lipinski definition) is 0. The van der Waals surface area contributed by atoms with E-state index in [2.05, 4.69) is 0 Å². The van der Waals surface area contributed by atoms with Crippen LogP contribution in [0.3, 0.4) is 0 Å². The van der Waals surface area contributed by atoms with Gasteiger partial charge in [-0.3, -0.25) is 4.79 Å². The maximum absolute atomic E-state index is 10.5. The van der Waals surface area contributed by atoms with E-state index in [4.69, 9.17) is 9.15 Å². The van der Waals surface area contributed by atoms with Crippen LogP contribution in [0.4, 0.5) is 0 Å². The molecule has 0 saturated carbocycles. The summed E-state index contributed by atoms with van der Waals surface area (Å²) in [5.41, 5.74) is 0. The monoisotopic (exact) mass is 186 g/mol. The zero-order valence-corrected chi connectivity index (χ0v) is 7.81. The molecule has 0 saturated heterocycles. The lowest BCUT2D eigenvalue weighted by Crippen LogP contribution is -1.99. The van der Waals surface area contributed by atoms with Crippen LogP contribution < -0.4 is 4.74 Å². The first-order chi connectivity index (χ1) is 5.72. The number of carbonyl (C=O) groups is 1. The van der Waals surface area contributed by atoms with Crippen molar-refractivity contribution in [3.63, 3.8) is 0 Å². The summed E-state index contributed by atoms with van der Waals surface area (Å²) in [6.45, 7) is 3.37. The molecule has 0 amide bonds. The van der Waals surface area contributed by atoms with Crippen LogP contribution in [0.15, 0.2) is 21.6 Å². The van der Waals surface area contributed by atoms with Crippen LogP contribution in [-0.4, -0.2) is 11.7 Å². The summed E-state index contributed by atoms with van der Waals surface area (Å²) in [4.78, 5) is 10.5. The number of rotatable bonds is 3. The first-order valence-electron chi connectivity index (χ1n) is 3.63. The molecule has 0 fully saturated rings. The summed E-state index contributed by atoms with van der Waals surface area (Å²) in [6, 6.07) is 3.42. The van der Waals surface area contributed by atoms with Crippen molar-refractivity contribution in [2.45, 2.75) is 18.9 Å². The summed E-state index contributed by atoms with van der Waals surface area (Å²) in [5.74, 6) is 0.836. The molecule has 1 heterocycles. The van der Waals surface area contributed by atoms with E-state index in [1.54, 1.807) is 23.9 Å². The van der Waals surface area contributed by atoms with E-state index >= 15 is 0 Å². The highest BCUT2D eigenvalue weighted by atomic mass is 32.2. The highest BCUT2D eigenvalue weighted by molar-refractivity contribution is 7.99. The van der Waals surface area contributed by atoms with Crippen LogP contribution in [0, 0.1) is 0 Å². The molecule has 0 bridgehead atoms. The molecule has 0 radical (unpaired) electrons. The zero-order chi connectivity index (χ0) is 8.97. The number of furan rings is 1. The number of hydrogen-bond acceptors (Lipinski definition) is 4. The van der Waals surface area contributed by atoms with Gasteiger partial charge in [0.05, 0.1) is 0 Å². The van der Waals surface area contributed by atoms with E-state index in [0.717, 1.165) is 10.8 Å². The maximum atomic E-state index is 10.5. The summed E-state index contributed by atoms with van der Waals surface area (Å²) in [6.07, 6.45) is 0. The molecule has 3 nitrogen and oxygen atoms in total. The van der Waals surface area contributed by atoms with Gasteiger partial charge in [-0.1, -0.05) is 18.7 Å². The van der Waals surface area contributed by atoms with Gasteiger partial charge in [-0.05, 0) is 11.8 Å². The van der Waals surface area contributed by atoms with Crippen molar-refractivity contribution in [2.75, 3.05) is 5.75 Å². The predicted octanol–water partition coefficient (Wildman–Crippen LogP) is 2.32. The van der Waals surface area contributed by atoms with E-state index in [-0.39, 0.29) is 11.9 Å². The van der Waals surface area contributed by atoms with Crippen LogP contribution in [0.25, 0.3) is 0 Å². The van der Waals surface area contributed by atoms with Gasteiger partial charge in [-0.15, -0.1) is 0 Å². The molecule has 0 aliphatic carbocycles. The Morgan fingerprint density at radius 3 is 3.00 bits per heavy atom. The van der Waals surface area contributed by atoms with Crippen LogP contribution in [0.1, 0.15) is 13.8 Å². The van der Waals surface area contributed by atoms with E-state index in [9.17, 15) is 4.79 Å². The average molecular weight is 186 g/mol. The van der Waals surface area contributed by atoms with Crippen LogP contribution >= 0.6 is 11.8 Å². The van der Waals surface area contributed by atoms with Crippen molar-refractivity contribution in [1.29, 1.82) is 0 Å². The standard InChI is InChI=1S/C8H10O3S/c1-3-12-8-5-4-7(11-8)10-6(2)9/h4-5H,3H2,1-2H3. The predicted molar refractivity (Wildman–Crippen MR) is 46.4 cm³/mol. The zero-order valence-electron chi connectivity index (χ0n) is 6.99. The van der Waals surface area contributed by atoms with Crippen molar-refractivity contribution < 1.29 is 13.9 Å². The lowest BCUT2D eigenvalue weighted by molar-refractivity contribution is -0.133. The van der Waals surface area contributed by atoms with Gasteiger partial charge in [0.15, 0.2) is 5.09 Å². The Labute approximate surface area is 75.1 Å².